The minimum absolute atomic E-state index is 0. The highest BCUT2D eigenvalue weighted by molar-refractivity contribution is 7.89. The van der Waals surface area contributed by atoms with Crippen LogP contribution in [0.3, 0.4) is 0 Å². The lowest BCUT2D eigenvalue weighted by Gasteiger charge is -2.17. The second kappa shape index (κ2) is 9.17. The van der Waals surface area contributed by atoms with Crippen molar-refractivity contribution in [2.24, 2.45) is 11.7 Å². The van der Waals surface area contributed by atoms with Crippen LogP contribution in [0.25, 0.3) is 0 Å². The first-order valence-corrected chi connectivity index (χ1v) is 10.3. The Labute approximate surface area is 168 Å². The van der Waals surface area contributed by atoms with E-state index in [2.05, 4.69) is 17.0 Å². The van der Waals surface area contributed by atoms with Crippen LogP contribution in [0.1, 0.15) is 17.0 Å². The Balaban J connectivity index is 0.00000261. The molecule has 0 aliphatic carbocycles. The highest BCUT2D eigenvalue weighted by Crippen LogP contribution is 2.35. The maximum Gasteiger partial charge on any atom is 0.243 e. The molecule has 1 saturated heterocycles. The summed E-state index contributed by atoms with van der Waals surface area (Å²) in [6.07, 6.45) is 0. The Morgan fingerprint density at radius 3 is 2.22 bits per heavy atom. The molecule has 0 unspecified atom stereocenters. The number of halogens is 1. The molecule has 0 bridgehead atoms. The van der Waals surface area contributed by atoms with Gasteiger partial charge in [0.1, 0.15) is 0 Å². The normalized spacial score (nSPS) is 20.6. The molecular weight excluding hydrogens is 382 g/mol. The Morgan fingerprint density at radius 2 is 1.67 bits per heavy atom. The van der Waals surface area contributed by atoms with Crippen molar-refractivity contribution in [3.8, 4) is 0 Å². The van der Waals surface area contributed by atoms with Gasteiger partial charge in [0.25, 0.3) is 0 Å². The second-order valence-corrected chi connectivity index (χ2v) is 9.15. The summed E-state index contributed by atoms with van der Waals surface area (Å²) in [5, 5.41) is 0. The van der Waals surface area contributed by atoms with Crippen molar-refractivity contribution in [2.75, 3.05) is 33.7 Å². The zero-order valence-electron chi connectivity index (χ0n) is 15.8. The summed E-state index contributed by atoms with van der Waals surface area (Å²) in [5.74, 6) is 0.282. The van der Waals surface area contributed by atoms with Crippen LogP contribution in [-0.2, 0) is 16.6 Å². The first-order chi connectivity index (χ1) is 12.4. The Morgan fingerprint density at radius 1 is 1.04 bits per heavy atom. The minimum Gasteiger partial charge on any atom is -0.330 e. The van der Waals surface area contributed by atoms with Crippen LogP contribution < -0.4 is 5.73 Å². The van der Waals surface area contributed by atoms with Gasteiger partial charge in [-0.25, -0.2) is 8.42 Å². The third-order valence-electron chi connectivity index (χ3n) is 5.00. The maximum atomic E-state index is 13.1. The molecule has 1 aliphatic rings. The van der Waals surface area contributed by atoms with Crippen LogP contribution in [0.2, 0.25) is 0 Å². The highest BCUT2D eigenvalue weighted by Gasteiger charge is 2.39. The number of hydrogen-bond donors (Lipinski definition) is 1. The van der Waals surface area contributed by atoms with Crippen molar-refractivity contribution in [3.63, 3.8) is 0 Å². The number of benzene rings is 2. The second-order valence-electron chi connectivity index (χ2n) is 7.22. The fraction of sp³-hybridized carbons (Fsp3) is 0.400. The standard InChI is InChI=1S/C20H27N3O2S.ClH/c1-22(2)13-16-8-10-19(11-9-16)26(24,25)23-14-18(12-21)20(15-23)17-6-4-3-5-7-17;/h3-11,18,20H,12-15,21H2,1-2H3;1H/t18-,20+;/m1./s1. The molecule has 2 N–H and O–H groups in total. The molecule has 5 nitrogen and oxygen atoms in total. The van der Waals surface area contributed by atoms with E-state index in [0.29, 0.717) is 24.5 Å². The van der Waals surface area contributed by atoms with Gasteiger partial charge in [-0.05, 0) is 49.8 Å². The average molecular weight is 410 g/mol. The van der Waals surface area contributed by atoms with Gasteiger partial charge in [-0.2, -0.15) is 4.31 Å². The monoisotopic (exact) mass is 409 g/mol. The zero-order chi connectivity index (χ0) is 18.7. The Kier molecular flexibility index (Phi) is 7.42. The molecule has 148 valence electrons. The van der Waals surface area contributed by atoms with E-state index in [0.717, 1.165) is 17.7 Å². The smallest absolute Gasteiger partial charge is 0.243 e. The Bertz CT molecular complexity index is 826. The third kappa shape index (κ3) is 4.89. The van der Waals surface area contributed by atoms with E-state index < -0.39 is 10.0 Å². The molecule has 2 aromatic carbocycles. The van der Waals surface area contributed by atoms with Gasteiger partial charge in [0.2, 0.25) is 10.0 Å². The minimum atomic E-state index is -3.50. The summed E-state index contributed by atoms with van der Waals surface area (Å²) in [6.45, 7) is 2.22. The fourth-order valence-corrected chi connectivity index (χ4v) is 5.15. The first-order valence-electron chi connectivity index (χ1n) is 8.90. The van der Waals surface area contributed by atoms with E-state index in [-0.39, 0.29) is 24.2 Å². The highest BCUT2D eigenvalue weighted by atomic mass is 35.5. The van der Waals surface area contributed by atoms with E-state index in [1.165, 1.54) is 0 Å². The molecule has 0 saturated carbocycles. The molecule has 2 atom stereocenters. The van der Waals surface area contributed by atoms with Gasteiger partial charge in [0.15, 0.2) is 0 Å². The number of nitrogens with two attached hydrogens (primary N) is 1. The summed E-state index contributed by atoms with van der Waals surface area (Å²) < 4.78 is 27.7. The van der Waals surface area contributed by atoms with E-state index in [1.807, 2.05) is 44.4 Å². The lowest BCUT2D eigenvalue weighted by atomic mass is 9.89. The molecule has 2 aromatic rings. The van der Waals surface area contributed by atoms with Crippen molar-refractivity contribution in [3.05, 3.63) is 65.7 Å². The molecule has 0 spiro atoms. The lowest BCUT2D eigenvalue weighted by molar-refractivity contribution is 0.402. The number of sulfonamides is 1. The predicted molar refractivity (Wildman–Crippen MR) is 112 cm³/mol. The summed E-state index contributed by atoms with van der Waals surface area (Å²) in [6, 6.07) is 17.3. The van der Waals surface area contributed by atoms with E-state index in [9.17, 15) is 8.42 Å². The summed E-state index contributed by atoms with van der Waals surface area (Å²) in [7, 11) is 0.480. The maximum absolute atomic E-state index is 13.1. The van der Waals surface area contributed by atoms with Crippen molar-refractivity contribution in [2.45, 2.75) is 17.4 Å². The van der Waals surface area contributed by atoms with Gasteiger partial charge in [-0.1, -0.05) is 42.5 Å². The Hall–Kier alpha value is -1.44. The molecule has 0 radical (unpaired) electrons. The van der Waals surface area contributed by atoms with Crippen LogP contribution in [0.4, 0.5) is 0 Å². The van der Waals surface area contributed by atoms with Crippen molar-refractivity contribution in [1.82, 2.24) is 9.21 Å². The van der Waals surface area contributed by atoms with Crippen LogP contribution in [0.5, 0.6) is 0 Å². The summed E-state index contributed by atoms with van der Waals surface area (Å²) in [4.78, 5) is 2.41. The molecule has 0 amide bonds. The van der Waals surface area contributed by atoms with Gasteiger partial charge >= 0.3 is 0 Å². The van der Waals surface area contributed by atoms with Crippen molar-refractivity contribution < 1.29 is 8.42 Å². The quantitative estimate of drug-likeness (QED) is 0.796. The van der Waals surface area contributed by atoms with Crippen molar-refractivity contribution in [1.29, 1.82) is 0 Å². The number of rotatable bonds is 6. The molecule has 1 aliphatic heterocycles. The fourth-order valence-electron chi connectivity index (χ4n) is 3.63. The molecule has 0 aromatic heterocycles. The number of nitrogens with zero attached hydrogens (tertiary/aromatic N) is 2. The molecule has 1 fully saturated rings. The van der Waals surface area contributed by atoms with Crippen LogP contribution in [0.15, 0.2) is 59.5 Å². The van der Waals surface area contributed by atoms with E-state index >= 15 is 0 Å². The molecule has 3 rings (SSSR count). The zero-order valence-corrected chi connectivity index (χ0v) is 17.4. The topological polar surface area (TPSA) is 66.6 Å². The van der Waals surface area contributed by atoms with Crippen LogP contribution in [0, 0.1) is 5.92 Å². The lowest BCUT2D eigenvalue weighted by Crippen LogP contribution is -2.30. The number of hydrogen-bond acceptors (Lipinski definition) is 4. The SMILES string of the molecule is CN(C)Cc1ccc(S(=O)(=O)N2C[C@@H](CN)[C@H](c3ccccc3)C2)cc1.Cl. The van der Waals surface area contributed by atoms with Gasteiger partial charge < -0.3 is 10.6 Å². The van der Waals surface area contributed by atoms with Gasteiger partial charge in [0.05, 0.1) is 4.90 Å². The van der Waals surface area contributed by atoms with E-state index in [4.69, 9.17) is 5.73 Å². The first kappa shape index (κ1) is 21.9. The van der Waals surface area contributed by atoms with Crippen LogP contribution in [-0.4, -0.2) is 51.4 Å². The molecule has 7 heteroatoms. The third-order valence-corrected chi connectivity index (χ3v) is 6.84. The van der Waals surface area contributed by atoms with Crippen molar-refractivity contribution >= 4 is 22.4 Å². The van der Waals surface area contributed by atoms with Crippen LogP contribution >= 0.6 is 12.4 Å². The summed E-state index contributed by atoms with van der Waals surface area (Å²) >= 11 is 0. The van der Waals surface area contributed by atoms with Gasteiger partial charge in [-0.15, -0.1) is 12.4 Å². The molecular formula is C20H28ClN3O2S. The average Bonchev–Trinajstić information content (AvgIpc) is 3.08. The summed E-state index contributed by atoms with van der Waals surface area (Å²) in [5.41, 5.74) is 8.20. The molecule has 1 heterocycles. The van der Waals surface area contributed by atoms with Gasteiger partial charge in [-0.3, -0.25) is 0 Å². The largest absolute Gasteiger partial charge is 0.330 e. The van der Waals surface area contributed by atoms with E-state index in [1.54, 1.807) is 16.4 Å². The van der Waals surface area contributed by atoms with Gasteiger partial charge in [0, 0.05) is 25.6 Å². The molecule has 27 heavy (non-hydrogen) atoms. The predicted octanol–water partition coefficient (Wildman–Crippen LogP) is 2.53.